The van der Waals surface area contributed by atoms with E-state index in [1.54, 1.807) is 0 Å². The summed E-state index contributed by atoms with van der Waals surface area (Å²) in [7, 11) is 0. The van der Waals surface area contributed by atoms with E-state index in [2.05, 4.69) is 16.4 Å². The van der Waals surface area contributed by atoms with Crippen molar-refractivity contribution in [3.8, 4) is 11.5 Å². The normalized spacial score (nSPS) is 17.3. The van der Waals surface area contributed by atoms with Crippen LogP contribution in [0.3, 0.4) is 0 Å². The van der Waals surface area contributed by atoms with Crippen molar-refractivity contribution in [2.45, 2.75) is 32.4 Å². The summed E-state index contributed by atoms with van der Waals surface area (Å²) >= 11 is 0. The van der Waals surface area contributed by atoms with Gasteiger partial charge in [0, 0.05) is 12.0 Å². The molecule has 0 saturated carbocycles. The summed E-state index contributed by atoms with van der Waals surface area (Å²) in [6.45, 7) is 5.20. The van der Waals surface area contributed by atoms with Gasteiger partial charge in [-0.3, -0.25) is 0 Å². The highest BCUT2D eigenvalue weighted by atomic mass is 127. The third kappa shape index (κ3) is 5.27. The molecule has 5 nitrogen and oxygen atoms in total. The van der Waals surface area contributed by atoms with Gasteiger partial charge in [0.25, 0.3) is 0 Å². The maximum atomic E-state index is 6.08. The molecule has 2 aromatic rings. The quantitative estimate of drug-likeness (QED) is 0.399. The van der Waals surface area contributed by atoms with E-state index in [0.29, 0.717) is 19.1 Å². The van der Waals surface area contributed by atoms with Gasteiger partial charge in [0.05, 0.1) is 19.2 Å². The average Bonchev–Trinajstić information content (AvgIpc) is 2.62. The van der Waals surface area contributed by atoms with E-state index in [1.807, 2.05) is 56.3 Å². The predicted octanol–water partition coefficient (Wildman–Crippen LogP) is 3.81. The number of nitrogens with two attached hydrogens (primary N) is 1. The Bertz CT molecular complexity index is 751. The number of para-hydroxylation sites is 2. The fourth-order valence-corrected chi connectivity index (χ4v) is 2.89. The minimum Gasteiger partial charge on any atom is -0.493 e. The van der Waals surface area contributed by atoms with Crippen molar-refractivity contribution >= 4 is 29.9 Å². The Balaban J connectivity index is 0.00000243. The van der Waals surface area contributed by atoms with Crippen molar-refractivity contribution in [2.75, 3.05) is 13.2 Å². The zero-order valence-corrected chi connectivity index (χ0v) is 17.5. The molecule has 3 N–H and O–H groups in total. The molecule has 1 aliphatic rings. The van der Waals surface area contributed by atoms with Gasteiger partial charge in [-0.15, -0.1) is 24.0 Å². The topological polar surface area (TPSA) is 68.9 Å². The van der Waals surface area contributed by atoms with Crippen LogP contribution in [0.4, 0.5) is 0 Å². The number of hydrogen-bond acceptors (Lipinski definition) is 3. The maximum Gasteiger partial charge on any atom is 0.189 e. The highest BCUT2D eigenvalue weighted by Crippen LogP contribution is 2.31. The lowest BCUT2D eigenvalue weighted by Gasteiger charge is -2.27. The maximum absolute atomic E-state index is 6.08. The van der Waals surface area contributed by atoms with Gasteiger partial charge in [0.15, 0.2) is 5.96 Å². The summed E-state index contributed by atoms with van der Waals surface area (Å²) in [5, 5.41) is 3.30. The smallest absolute Gasteiger partial charge is 0.189 e. The number of aryl methyl sites for hydroxylation is 1. The van der Waals surface area contributed by atoms with Gasteiger partial charge in [0.2, 0.25) is 0 Å². The molecule has 140 valence electrons. The van der Waals surface area contributed by atoms with Crippen molar-refractivity contribution in [1.82, 2.24) is 5.32 Å². The molecule has 26 heavy (non-hydrogen) atoms. The summed E-state index contributed by atoms with van der Waals surface area (Å²) in [6, 6.07) is 16.1. The summed E-state index contributed by atoms with van der Waals surface area (Å²) in [6.07, 6.45) is 0.811. The molecule has 0 radical (unpaired) electrons. The number of nitrogens with zero attached hydrogens (tertiary/aromatic N) is 1. The number of aliphatic imine (C=N–C) groups is 1. The number of hydrogen-bond donors (Lipinski definition) is 2. The van der Waals surface area contributed by atoms with Crippen LogP contribution in [0.25, 0.3) is 0 Å². The molecule has 6 heteroatoms. The Hall–Kier alpha value is -1.96. The largest absolute Gasteiger partial charge is 0.493 e. The highest BCUT2D eigenvalue weighted by molar-refractivity contribution is 14.0. The molecule has 2 unspecified atom stereocenters. The molecular weight excluding hydrogens is 441 g/mol. The molecule has 0 spiro atoms. The molecule has 0 aromatic heterocycles. The molecule has 0 saturated heterocycles. The molecule has 2 atom stereocenters. The fraction of sp³-hybridized carbons (Fsp3) is 0.350. The second-order valence-electron chi connectivity index (χ2n) is 6.29. The monoisotopic (exact) mass is 467 g/mol. The first-order valence-electron chi connectivity index (χ1n) is 8.64. The third-order valence-electron chi connectivity index (χ3n) is 4.22. The lowest BCUT2D eigenvalue weighted by molar-refractivity contribution is 0.228. The van der Waals surface area contributed by atoms with Crippen LogP contribution in [0.5, 0.6) is 11.5 Å². The fourth-order valence-electron chi connectivity index (χ4n) is 2.89. The first-order valence-corrected chi connectivity index (χ1v) is 8.64. The third-order valence-corrected chi connectivity index (χ3v) is 4.22. The molecule has 0 amide bonds. The van der Waals surface area contributed by atoms with E-state index in [-0.39, 0.29) is 36.1 Å². The van der Waals surface area contributed by atoms with Crippen LogP contribution in [0.15, 0.2) is 53.5 Å². The molecular formula is C20H26IN3O2. The molecule has 2 aromatic carbocycles. The zero-order valence-electron chi connectivity index (χ0n) is 15.1. The Labute approximate surface area is 172 Å². The second-order valence-corrected chi connectivity index (χ2v) is 6.29. The molecule has 1 heterocycles. The van der Waals surface area contributed by atoms with Crippen molar-refractivity contribution in [3.63, 3.8) is 0 Å². The van der Waals surface area contributed by atoms with E-state index < -0.39 is 0 Å². The van der Waals surface area contributed by atoms with Crippen LogP contribution < -0.4 is 20.5 Å². The Morgan fingerprint density at radius 3 is 2.81 bits per heavy atom. The minimum atomic E-state index is -0.0524. The van der Waals surface area contributed by atoms with Gasteiger partial charge in [-0.05, 0) is 31.5 Å². The number of benzene rings is 2. The van der Waals surface area contributed by atoms with Gasteiger partial charge >= 0.3 is 0 Å². The van der Waals surface area contributed by atoms with E-state index in [1.165, 1.54) is 0 Å². The molecule has 0 fully saturated rings. The van der Waals surface area contributed by atoms with Crippen molar-refractivity contribution < 1.29 is 9.47 Å². The van der Waals surface area contributed by atoms with Crippen LogP contribution in [0.1, 0.15) is 30.5 Å². The molecule has 1 aliphatic heterocycles. The van der Waals surface area contributed by atoms with Crippen molar-refractivity contribution in [3.05, 3.63) is 59.7 Å². The number of nitrogens with one attached hydrogen (secondary N) is 1. The van der Waals surface area contributed by atoms with E-state index in [9.17, 15) is 0 Å². The van der Waals surface area contributed by atoms with Crippen LogP contribution >= 0.6 is 24.0 Å². The lowest BCUT2D eigenvalue weighted by Crippen LogP contribution is -2.38. The Morgan fingerprint density at radius 1 is 1.27 bits per heavy atom. The predicted molar refractivity (Wildman–Crippen MR) is 116 cm³/mol. The minimum absolute atomic E-state index is 0. The molecule has 3 rings (SSSR count). The second kappa shape index (κ2) is 9.66. The van der Waals surface area contributed by atoms with Crippen molar-refractivity contribution in [1.29, 1.82) is 0 Å². The molecule has 0 aliphatic carbocycles. The van der Waals surface area contributed by atoms with E-state index in [0.717, 1.165) is 29.0 Å². The van der Waals surface area contributed by atoms with Gasteiger partial charge < -0.3 is 20.5 Å². The first kappa shape index (κ1) is 20.4. The molecule has 0 bridgehead atoms. The van der Waals surface area contributed by atoms with Gasteiger partial charge in [-0.25, -0.2) is 4.99 Å². The first-order chi connectivity index (χ1) is 12.1. The highest BCUT2D eigenvalue weighted by Gasteiger charge is 2.21. The summed E-state index contributed by atoms with van der Waals surface area (Å²) in [5.41, 5.74) is 8.31. The summed E-state index contributed by atoms with van der Waals surface area (Å²) < 4.78 is 11.6. The number of fused-ring (bicyclic) bond motifs is 1. The number of ether oxygens (including phenoxy) is 2. The number of guanidine groups is 1. The Kier molecular flexibility index (Phi) is 7.56. The summed E-state index contributed by atoms with van der Waals surface area (Å²) in [5.74, 6) is 2.23. The van der Waals surface area contributed by atoms with Crippen LogP contribution in [0.2, 0.25) is 0 Å². The SMILES string of the molecule is Cc1ccccc1OC(C)CN=C(N)NC1CCOc2ccccc21.I. The standard InChI is InChI=1S/C20H25N3O2.HI/c1-14-7-3-5-9-18(14)25-15(2)13-22-20(21)23-17-11-12-24-19-10-6-4-8-16(17)19;/h3-10,15,17H,11-13H2,1-2H3,(H3,21,22,23);1H. The van der Waals surface area contributed by atoms with Crippen LogP contribution in [-0.4, -0.2) is 25.2 Å². The Morgan fingerprint density at radius 2 is 2.00 bits per heavy atom. The number of halogens is 1. The summed E-state index contributed by atoms with van der Waals surface area (Å²) in [4.78, 5) is 4.43. The van der Waals surface area contributed by atoms with Crippen LogP contribution in [0, 0.1) is 6.92 Å². The van der Waals surface area contributed by atoms with Crippen LogP contribution in [-0.2, 0) is 0 Å². The van der Waals surface area contributed by atoms with Gasteiger partial charge in [-0.1, -0.05) is 36.4 Å². The zero-order chi connectivity index (χ0) is 17.6. The van der Waals surface area contributed by atoms with Gasteiger partial charge in [0.1, 0.15) is 17.6 Å². The van der Waals surface area contributed by atoms with E-state index >= 15 is 0 Å². The number of rotatable bonds is 5. The van der Waals surface area contributed by atoms with E-state index in [4.69, 9.17) is 15.2 Å². The van der Waals surface area contributed by atoms with Crippen molar-refractivity contribution in [2.24, 2.45) is 10.7 Å². The van der Waals surface area contributed by atoms with Gasteiger partial charge in [-0.2, -0.15) is 0 Å². The lowest BCUT2D eigenvalue weighted by atomic mass is 10.0. The average molecular weight is 467 g/mol.